The molecule has 0 radical (unpaired) electrons. The summed E-state index contributed by atoms with van der Waals surface area (Å²) in [4.78, 5) is 24.8. The van der Waals surface area contributed by atoms with Gasteiger partial charge in [0.2, 0.25) is 0 Å². The predicted octanol–water partition coefficient (Wildman–Crippen LogP) is 6.55. The first-order valence-corrected chi connectivity index (χ1v) is 13.1. The molecule has 1 N–H and O–H groups in total. The highest BCUT2D eigenvalue weighted by Crippen LogP contribution is 2.30. The van der Waals surface area contributed by atoms with Gasteiger partial charge in [0.25, 0.3) is 10.0 Å². The van der Waals surface area contributed by atoms with Crippen molar-refractivity contribution < 1.29 is 22.7 Å². The molecule has 184 valence electrons. The Hall–Kier alpha value is -3.39. The average Bonchev–Trinajstić information content (AvgIpc) is 2.86. The topological polar surface area (TPSA) is 89.5 Å². The summed E-state index contributed by atoms with van der Waals surface area (Å²) >= 11 is 12.0. The molecule has 4 rings (SSSR count). The summed E-state index contributed by atoms with van der Waals surface area (Å²) in [5.41, 5.74) is 2.05. The van der Waals surface area contributed by atoms with Crippen LogP contribution in [0.2, 0.25) is 10.0 Å². The number of ether oxygens (including phenoxy) is 1. The number of ketones is 1. The van der Waals surface area contributed by atoms with E-state index in [9.17, 15) is 18.0 Å². The molecule has 9 heteroatoms. The fourth-order valence-corrected chi connectivity index (χ4v) is 5.70. The lowest BCUT2D eigenvalue weighted by Gasteiger charge is -2.13. The van der Waals surface area contributed by atoms with E-state index in [0.29, 0.717) is 34.0 Å². The molecule has 0 saturated heterocycles. The number of esters is 1. The first kappa shape index (κ1) is 25.7. The number of methoxy groups -OCH3 is 1. The quantitative estimate of drug-likeness (QED) is 0.202. The highest BCUT2D eigenvalue weighted by Gasteiger charge is 2.19. The predicted molar refractivity (Wildman–Crippen MR) is 142 cm³/mol. The van der Waals surface area contributed by atoms with Crippen LogP contribution in [0, 0.1) is 0 Å². The van der Waals surface area contributed by atoms with E-state index < -0.39 is 16.0 Å². The van der Waals surface area contributed by atoms with Crippen molar-refractivity contribution in [2.24, 2.45) is 0 Å². The fraction of sp³-hybridized carbons (Fsp3) is 0.111. The molecule has 4 aromatic rings. The van der Waals surface area contributed by atoms with Gasteiger partial charge in [-0.1, -0.05) is 65.7 Å². The molecule has 36 heavy (non-hydrogen) atoms. The Morgan fingerprint density at radius 1 is 0.861 bits per heavy atom. The van der Waals surface area contributed by atoms with E-state index in [-0.39, 0.29) is 27.1 Å². The van der Waals surface area contributed by atoms with Crippen LogP contribution in [-0.4, -0.2) is 27.3 Å². The van der Waals surface area contributed by atoms with Crippen molar-refractivity contribution in [2.75, 3.05) is 11.8 Å². The normalized spacial score (nSPS) is 11.3. The molecule has 0 saturated carbocycles. The van der Waals surface area contributed by atoms with Crippen molar-refractivity contribution in [3.05, 3.63) is 106 Å². The van der Waals surface area contributed by atoms with Gasteiger partial charge in [0.05, 0.1) is 23.3 Å². The Morgan fingerprint density at radius 3 is 2.25 bits per heavy atom. The Labute approximate surface area is 218 Å². The highest BCUT2D eigenvalue weighted by atomic mass is 35.5. The second-order valence-corrected chi connectivity index (χ2v) is 10.6. The molecule has 0 atom stereocenters. The summed E-state index contributed by atoms with van der Waals surface area (Å²) in [6.07, 6.45) is 0.641. The number of halogens is 2. The summed E-state index contributed by atoms with van der Waals surface area (Å²) in [7, 11) is -2.67. The largest absolute Gasteiger partial charge is 0.465 e. The van der Waals surface area contributed by atoms with Crippen molar-refractivity contribution in [3.63, 3.8) is 0 Å². The van der Waals surface area contributed by atoms with E-state index in [4.69, 9.17) is 27.9 Å². The molecule has 0 fully saturated rings. The second kappa shape index (κ2) is 10.7. The number of rotatable bonds is 8. The van der Waals surface area contributed by atoms with Crippen LogP contribution in [0.15, 0.2) is 83.8 Å². The molecular weight excluding hydrogens is 521 g/mol. The van der Waals surface area contributed by atoms with E-state index in [0.717, 1.165) is 5.56 Å². The summed E-state index contributed by atoms with van der Waals surface area (Å²) < 4.78 is 33.3. The van der Waals surface area contributed by atoms with Crippen molar-refractivity contribution in [1.82, 2.24) is 0 Å². The standard InChI is InChI=1S/C27H21Cl2NO5S/c1-35-27(32)18-6-2-5-17(13-18)11-12-26(31)24-9-3-8-23-22(24)7-4-10-25(23)30-36(33,34)21-15-19(28)14-20(29)16-21/h2-10,13-16,30H,11-12H2,1H3. The van der Waals surface area contributed by atoms with Gasteiger partial charge in [-0.05, 0) is 53.8 Å². The zero-order valence-electron chi connectivity index (χ0n) is 19.1. The molecule has 0 amide bonds. The molecule has 6 nitrogen and oxygen atoms in total. The Kier molecular flexibility index (Phi) is 7.64. The second-order valence-electron chi connectivity index (χ2n) is 8.03. The lowest BCUT2D eigenvalue weighted by atomic mass is 9.96. The Balaban J connectivity index is 1.60. The van der Waals surface area contributed by atoms with Crippen LogP contribution in [0.5, 0.6) is 0 Å². The van der Waals surface area contributed by atoms with Crippen molar-refractivity contribution in [1.29, 1.82) is 0 Å². The maximum absolute atomic E-state index is 13.1. The number of hydrogen-bond donors (Lipinski definition) is 1. The Bertz CT molecular complexity index is 1560. The zero-order chi connectivity index (χ0) is 25.9. The lowest BCUT2D eigenvalue weighted by molar-refractivity contribution is 0.0600. The van der Waals surface area contributed by atoms with E-state index >= 15 is 0 Å². The van der Waals surface area contributed by atoms with Gasteiger partial charge >= 0.3 is 5.97 Å². The van der Waals surface area contributed by atoms with Crippen LogP contribution in [0.3, 0.4) is 0 Å². The molecule has 0 unspecified atom stereocenters. The molecule has 0 aliphatic rings. The third-order valence-corrected chi connectivity index (χ3v) is 7.38. The van der Waals surface area contributed by atoms with Crippen LogP contribution in [0.4, 0.5) is 5.69 Å². The first-order valence-electron chi connectivity index (χ1n) is 10.9. The molecule has 0 bridgehead atoms. The molecule has 0 aromatic heterocycles. The number of nitrogens with one attached hydrogen (secondary N) is 1. The van der Waals surface area contributed by atoms with Crippen LogP contribution >= 0.6 is 23.2 Å². The van der Waals surface area contributed by atoms with Gasteiger partial charge < -0.3 is 4.74 Å². The molecule has 0 spiro atoms. The number of sulfonamides is 1. The maximum atomic E-state index is 13.1. The number of carbonyl (C=O) groups excluding carboxylic acids is 2. The molecule has 0 aliphatic carbocycles. The van der Waals surface area contributed by atoms with Gasteiger partial charge in [0, 0.05) is 27.4 Å². The number of Topliss-reactive ketones (excluding diaryl/α,β-unsaturated/α-hetero) is 1. The van der Waals surface area contributed by atoms with Crippen LogP contribution in [0.25, 0.3) is 10.8 Å². The minimum atomic E-state index is -3.98. The first-order chi connectivity index (χ1) is 17.2. The molecule has 0 heterocycles. The van der Waals surface area contributed by atoms with E-state index in [2.05, 4.69) is 4.72 Å². The van der Waals surface area contributed by atoms with Crippen LogP contribution in [0.1, 0.15) is 32.7 Å². The maximum Gasteiger partial charge on any atom is 0.337 e. The molecular formula is C27H21Cl2NO5S. The van der Waals surface area contributed by atoms with Crippen molar-refractivity contribution in [3.8, 4) is 0 Å². The molecule has 4 aromatic carbocycles. The monoisotopic (exact) mass is 541 g/mol. The van der Waals surface area contributed by atoms with E-state index in [1.807, 2.05) is 6.07 Å². The van der Waals surface area contributed by atoms with E-state index in [1.54, 1.807) is 54.6 Å². The van der Waals surface area contributed by atoms with Crippen LogP contribution in [-0.2, 0) is 21.2 Å². The smallest absolute Gasteiger partial charge is 0.337 e. The number of aryl methyl sites for hydroxylation is 1. The lowest BCUT2D eigenvalue weighted by Crippen LogP contribution is -2.13. The zero-order valence-corrected chi connectivity index (χ0v) is 21.5. The number of anilines is 1. The molecule has 0 aliphatic heterocycles. The van der Waals surface area contributed by atoms with Gasteiger partial charge in [0.1, 0.15) is 0 Å². The summed E-state index contributed by atoms with van der Waals surface area (Å²) in [5.74, 6) is -0.544. The van der Waals surface area contributed by atoms with Gasteiger partial charge in [-0.3, -0.25) is 9.52 Å². The third kappa shape index (κ3) is 5.70. The number of benzene rings is 4. The van der Waals surface area contributed by atoms with Gasteiger partial charge in [-0.25, -0.2) is 13.2 Å². The highest BCUT2D eigenvalue weighted by molar-refractivity contribution is 7.92. The van der Waals surface area contributed by atoms with Crippen molar-refractivity contribution in [2.45, 2.75) is 17.7 Å². The summed E-state index contributed by atoms with van der Waals surface area (Å²) in [5, 5.41) is 1.60. The average molecular weight is 542 g/mol. The van der Waals surface area contributed by atoms with Gasteiger partial charge in [0.15, 0.2) is 5.78 Å². The Morgan fingerprint density at radius 2 is 1.53 bits per heavy atom. The minimum Gasteiger partial charge on any atom is -0.465 e. The summed E-state index contributed by atoms with van der Waals surface area (Å²) in [6.45, 7) is 0. The van der Waals surface area contributed by atoms with Crippen molar-refractivity contribution >= 4 is 61.4 Å². The number of fused-ring (bicyclic) bond motifs is 1. The minimum absolute atomic E-state index is 0.0709. The van der Waals surface area contributed by atoms with Gasteiger partial charge in [-0.15, -0.1) is 0 Å². The number of carbonyl (C=O) groups is 2. The van der Waals surface area contributed by atoms with Gasteiger partial charge in [-0.2, -0.15) is 0 Å². The number of hydrogen-bond acceptors (Lipinski definition) is 5. The third-order valence-electron chi connectivity index (χ3n) is 5.60. The van der Waals surface area contributed by atoms with Crippen LogP contribution < -0.4 is 4.72 Å². The summed E-state index contributed by atoms with van der Waals surface area (Å²) in [6, 6.07) is 21.3. The van der Waals surface area contributed by atoms with E-state index in [1.165, 1.54) is 25.3 Å². The SMILES string of the molecule is COC(=O)c1cccc(CCC(=O)c2cccc3c(NS(=O)(=O)c4cc(Cl)cc(Cl)c4)cccc23)c1. The fourth-order valence-electron chi connectivity index (χ4n) is 3.89.